The highest BCUT2D eigenvalue weighted by atomic mass is 16.5. The first-order valence-electron chi connectivity index (χ1n) is 7.41. The number of methoxy groups -OCH3 is 2. The lowest BCUT2D eigenvalue weighted by Crippen LogP contribution is -2.16. The van der Waals surface area contributed by atoms with Gasteiger partial charge in [-0.2, -0.15) is 0 Å². The lowest BCUT2D eigenvalue weighted by atomic mass is 10.1. The summed E-state index contributed by atoms with van der Waals surface area (Å²) in [5.74, 6) is 0.788. The van der Waals surface area contributed by atoms with Gasteiger partial charge in [0, 0.05) is 6.92 Å². The largest absolute Gasteiger partial charge is 0.493 e. The molecule has 2 aromatic rings. The number of para-hydroxylation sites is 2. The van der Waals surface area contributed by atoms with Crippen LogP contribution >= 0.6 is 0 Å². The number of nitrogens with one attached hydrogen (secondary N) is 2. The first-order valence-corrected chi connectivity index (χ1v) is 7.41. The number of ether oxygens (including phenoxy) is 2. The summed E-state index contributed by atoms with van der Waals surface area (Å²) in [7, 11) is 3.11. The molecular weight excluding hydrogens is 308 g/mol. The molecule has 0 aliphatic rings. The molecule has 126 valence electrons. The van der Waals surface area contributed by atoms with Crippen LogP contribution in [0, 0.1) is 0 Å². The van der Waals surface area contributed by atoms with Crippen LogP contribution in [0.15, 0.2) is 42.5 Å². The van der Waals surface area contributed by atoms with Gasteiger partial charge in [0.05, 0.1) is 32.0 Å². The fourth-order valence-corrected chi connectivity index (χ4v) is 2.26. The van der Waals surface area contributed by atoms with Gasteiger partial charge in [0.25, 0.3) is 0 Å². The molecule has 0 fully saturated rings. The van der Waals surface area contributed by atoms with Gasteiger partial charge >= 0.3 is 0 Å². The van der Waals surface area contributed by atoms with E-state index >= 15 is 0 Å². The van der Waals surface area contributed by atoms with Crippen LogP contribution in [0.2, 0.25) is 0 Å². The van der Waals surface area contributed by atoms with Crippen molar-refractivity contribution in [2.45, 2.75) is 13.3 Å². The molecule has 0 saturated carbocycles. The number of hydrogen-bond acceptors (Lipinski definition) is 4. The number of hydrogen-bond donors (Lipinski definition) is 2. The highest BCUT2D eigenvalue weighted by Crippen LogP contribution is 2.28. The van der Waals surface area contributed by atoms with Gasteiger partial charge in [0.15, 0.2) is 11.5 Å². The molecule has 6 heteroatoms. The quantitative estimate of drug-likeness (QED) is 0.855. The molecule has 0 aliphatic carbocycles. The highest BCUT2D eigenvalue weighted by Gasteiger charge is 2.11. The van der Waals surface area contributed by atoms with E-state index in [9.17, 15) is 9.59 Å². The van der Waals surface area contributed by atoms with Crippen LogP contribution in [0.4, 0.5) is 11.4 Å². The van der Waals surface area contributed by atoms with Crippen LogP contribution < -0.4 is 20.1 Å². The first kappa shape index (κ1) is 17.3. The maximum absolute atomic E-state index is 12.3. The van der Waals surface area contributed by atoms with E-state index in [4.69, 9.17) is 9.47 Å². The van der Waals surface area contributed by atoms with Crippen molar-refractivity contribution in [3.05, 3.63) is 48.0 Å². The molecule has 2 N–H and O–H groups in total. The number of amides is 2. The third-order valence-corrected chi connectivity index (χ3v) is 3.32. The van der Waals surface area contributed by atoms with Gasteiger partial charge in [-0.3, -0.25) is 9.59 Å². The Labute approximate surface area is 140 Å². The van der Waals surface area contributed by atoms with Crippen LogP contribution in [0.1, 0.15) is 12.5 Å². The van der Waals surface area contributed by atoms with Gasteiger partial charge in [-0.1, -0.05) is 18.2 Å². The third-order valence-electron chi connectivity index (χ3n) is 3.32. The van der Waals surface area contributed by atoms with E-state index in [2.05, 4.69) is 10.6 Å². The lowest BCUT2D eigenvalue weighted by Gasteiger charge is -2.12. The number of benzene rings is 2. The molecule has 0 saturated heterocycles. The summed E-state index contributed by atoms with van der Waals surface area (Å²) in [6, 6.07) is 12.4. The van der Waals surface area contributed by atoms with Crippen molar-refractivity contribution in [2.75, 3.05) is 24.9 Å². The lowest BCUT2D eigenvalue weighted by molar-refractivity contribution is -0.116. The Morgan fingerprint density at radius 2 is 1.54 bits per heavy atom. The topological polar surface area (TPSA) is 76.7 Å². The zero-order valence-electron chi connectivity index (χ0n) is 13.9. The van der Waals surface area contributed by atoms with Crippen LogP contribution in [-0.2, 0) is 16.0 Å². The van der Waals surface area contributed by atoms with Crippen molar-refractivity contribution in [3.63, 3.8) is 0 Å². The molecule has 0 aliphatic heterocycles. The molecule has 0 spiro atoms. The molecule has 0 heterocycles. The zero-order valence-corrected chi connectivity index (χ0v) is 13.9. The van der Waals surface area contributed by atoms with Crippen LogP contribution in [0.5, 0.6) is 11.5 Å². The maximum Gasteiger partial charge on any atom is 0.228 e. The van der Waals surface area contributed by atoms with Crippen molar-refractivity contribution >= 4 is 23.2 Å². The van der Waals surface area contributed by atoms with E-state index in [1.54, 1.807) is 56.7 Å². The van der Waals surface area contributed by atoms with Crippen LogP contribution in [0.3, 0.4) is 0 Å². The second-order valence-electron chi connectivity index (χ2n) is 5.14. The molecule has 2 aromatic carbocycles. The molecule has 24 heavy (non-hydrogen) atoms. The molecule has 0 aromatic heterocycles. The predicted molar refractivity (Wildman–Crippen MR) is 92.6 cm³/mol. The van der Waals surface area contributed by atoms with Gasteiger partial charge in [0.1, 0.15) is 0 Å². The second kappa shape index (κ2) is 8.01. The highest BCUT2D eigenvalue weighted by molar-refractivity contribution is 5.99. The number of carbonyl (C=O) groups is 2. The standard InChI is InChI=1S/C18H20N2O4/c1-12(21)19-14-6-4-5-7-15(14)20-18(22)11-13-8-9-16(23-2)17(10-13)24-3/h4-10H,11H2,1-3H3,(H,19,21)(H,20,22). The van der Waals surface area contributed by atoms with Gasteiger partial charge in [-0.25, -0.2) is 0 Å². The normalized spacial score (nSPS) is 9.96. The van der Waals surface area contributed by atoms with Crippen molar-refractivity contribution in [3.8, 4) is 11.5 Å². The predicted octanol–water partition coefficient (Wildman–Crippen LogP) is 2.84. The third kappa shape index (κ3) is 4.49. The minimum atomic E-state index is -0.198. The molecule has 2 rings (SSSR count). The Kier molecular flexibility index (Phi) is 5.78. The van der Waals surface area contributed by atoms with E-state index in [0.29, 0.717) is 22.9 Å². The summed E-state index contributed by atoms with van der Waals surface area (Å²) in [4.78, 5) is 23.5. The van der Waals surface area contributed by atoms with Gasteiger partial charge in [0.2, 0.25) is 11.8 Å². The Morgan fingerprint density at radius 3 is 2.12 bits per heavy atom. The SMILES string of the molecule is COc1ccc(CC(=O)Nc2ccccc2NC(C)=O)cc1OC. The molecule has 0 unspecified atom stereocenters. The minimum absolute atomic E-state index is 0.175. The number of anilines is 2. The Bertz CT molecular complexity index is 744. The summed E-state index contributed by atoms with van der Waals surface area (Å²) >= 11 is 0. The van der Waals surface area contributed by atoms with Crippen LogP contribution in [-0.4, -0.2) is 26.0 Å². The monoisotopic (exact) mass is 328 g/mol. The van der Waals surface area contributed by atoms with Gasteiger partial charge in [-0.15, -0.1) is 0 Å². The summed E-state index contributed by atoms with van der Waals surface area (Å²) < 4.78 is 10.4. The summed E-state index contributed by atoms with van der Waals surface area (Å²) in [6.45, 7) is 1.42. The second-order valence-corrected chi connectivity index (χ2v) is 5.14. The minimum Gasteiger partial charge on any atom is -0.493 e. The number of rotatable bonds is 6. The van der Waals surface area contributed by atoms with E-state index in [0.717, 1.165) is 5.56 Å². The van der Waals surface area contributed by atoms with Crippen molar-refractivity contribution < 1.29 is 19.1 Å². The van der Waals surface area contributed by atoms with Crippen LogP contribution in [0.25, 0.3) is 0 Å². The molecule has 0 atom stereocenters. The summed E-state index contributed by atoms with van der Waals surface area (Å²) in [5.41, 5.74) is 1.91. The van der Waals surface area contributed by atoms with Crippen molar-refractivity contribution in [2.24, 2.45) is 0 Å². The zero-order chi connectivity index (χ0) is 17.5. The summed E-state index contributed by atoms with van der Waals surface area (Å²) in [6.07, 6.45) is 0.175. The molecule has 0 radical (unpaired) electrons. The van der Waals surface area contributed by atoms with E-state index in [-0.39, 0.29) is 18.2 Å². The fourth-order valence-electron chi connectivity index (χ4n) is 2.26. The van der Waals surface area contributed by atoms with Gasteiger partial charge < -0.3 is 20.1 Å². The first-order chi connectivity index (χ1) is 11.5. The smallest absolute Gasteiger partial charge is 0.228 e. The maximum atomic E-state index is 12.3. The van der Waals surface area contributed by atoms with Crippen molar-refractivity contribution in [1.29, 1.82) is 0 Å². The van der Waals surface area contributed by atoms with E-state index < -0.39 is 0 Å². The van der Waals surface area contributed by atoms with Gasteiger partial charge in [-0.05, 0) is 29.8 Å². The molecule has 6 nitrogen and oxygen atoms in total. The molecule has 2 amide bonds. The van der Waals surface area contributed by atoms with E-state index in [1.165, 1.54) is 6.92 Å². The molecular formula is C18H20N2O4. The summed E-state index contributed by atoms with van der Waals surface area (Å²) in [5, 5.41) is 5.49. The molecule has 0 bridgehead atoms. The van der Waals surface area contributed by atoms with Crippen molar-refractivity contribution in [1.82, 2.24) is 0 Å². The number of carbonyl (C=O) groups excluding carboxylic acids is 2. The Hall–Kier alpha value is -3.02. The average Bonchev–Trinajstić information content (AvgIpc) is 2.56. The Balaban J connectivity index is 2.10. The Morgan fingerprint density at radius 1 is 0.917 bits per heavy atom. The fraction of sp³-hybridized carbons (Fsp3) is 0.222. The van der Waals surface area contributed by atoms with E-state index in [1.807, 2.05) is 0 Å². The average molecular weight is 328 g/mol.